The molecule has 1 aliphatic heterocycles. The summed E-state index contributed by atoms with van der Waals surface area (Å²) >= 11 is 0. The van der Waals surface area contributed by atoms with Crippen LogP contribution in [0.4, 0.5) is 10.1 Å². The van der Waals surface area contributed by atoms with Crippen molar-refractivity contribution in [3.05, 3.63) is 75.7 Å². The number of nitro benzene ring substituents is 1. The predicted molar refractivity (Wildman–Crippen MR) is 111 cm³/mol. The Morgan fingerprint density at radius 1 is 1.30 bits per heavy atom. The second-order valence-electron chi connectivity index (χ2n) is 7.00. The molecule has 30 heavy (non-hydrogen) atoms. The van der Waals surface area contributed by atoms with Gasteiger partial charge in [0, 0.05) is 47.4 Å². The monoisotopic (exact) mass is 409 g/mol. The molecule has 0 fully saturated rings. The molecular formula is C22H20FN3O4. The maximum atomic E-state index is 13.4. The second-order valence-corrected chi connectivity index (χ2v) is 7.00. The molecule has 2 aromatic carbocycles. The SMILES string of the molecule is CCOc1ccc(C(=O)N2CC=C(c3c[nH]c4cc(F)ccc34)CC2)cc1[N+](=O)[O-]. The summed E-state index contributed by atoms with van der Waals surface area (Å²) in [6.45, 7) is 2.92. The fourth-order valence-corrected chi connectivity index (χ4v) is 3.72. The third-order valence-electron chi connectivity index (χ3n) is 5.19. The zero-order chi connectivity index (χ0) is 21.3. The highest BCUT2D eigenvalue weighted by Gasteiger charge is 2.24. The summed E-state index contributed by atoms with van der Waals surface area (Å²) in [5.41, 5.74) is 2.83. The van der Waals surface area contributed by atoms with Crippen LogP contribution in [-0.2, 0) is 0 Å². The van der Waals surface area contributed by atoms with Gasteiger partial charge in [-0.3, -0.25) is 14.9 Å². The van der Waals surface area contributed by atoms with Gasteiger partial charge in [-0.15, -0.1) is 0 Å². The number of rotatable bonds is 5. The molecule has 3 aromatic rings. The van der Waals surface area contributed by atoms with Gasteiger partial charge in [-0.05, 0) is 49.2 Å². The Labute approximate surface area is 171 Å². The summed E-state index contributed by atoms with van der Waals surface area (Å²) in [6, 6.07) is 8.90. The zero-order valence-electron chi connectivity index (χ0n) is 16.4. The Hall–Kier alpha value is -3.68. The van der Waals surface area contributed by atoms with Gasteiger partial charge < -0.3 is 14.6 Å². The maximum Gasteiger partial charge on any atom is 0.311 e. The summed E-state index contributed by atoms with van der Waals surface area (Å²) in [5.74, 6) is -0.414. The quantitative estimate of drug-likeness (QED) is 0.495. The van der Waals surface area contributed by atoms with Gasteiger partial charge in [0.1, 0.15) is 5.82 Å². The van der Waals surface area contributed by atoms with Crippen LogP contribution in [-0.4, -0.2) is 40.4 Å². The van der Waals surface area contributed by atoms with Crippen LogP contribution in [0.25, 0.3) is 16.5 Å². The average molecular weight is 409 g/mol. The first-order chi connectivity index (χ1) is 14.5. The van der Waals surface area contributed by atoms with Gasteiger partial charge >= 0.3 is 5.69 Å². The summed E-state index contributed by atoms with van der Waals surface area (Å²) in [4.78, 5) is 28.4. The first-order valence-electron chi connectivity index (χ1n) is 9.64. The number of benzene rings is 2. The standard InChI is InChI=1S/C22H20FN3O4/c1-2-30-21-6-3-15(11-20(21)26(28)29)22(27)25-9-7-14(8-10-25)18-13-24-19-12-16(23)4-5-17(18)19/h3-7,11-13,24H,2,8-10H2,1H3. The molecule has 1 aliphatic rings. The van der Waals surface area contributed by atoms with Crippen LogP contribution in [0.15, 0.2) is 48.7 Å². The number of aromatic nitrogens is 1. The molecule has 2 heterocycles. The lowest BCUT2D eigenvalue weighted by Crippen LogP contribution is -2.34. The number of aromatic amines is 1. The van der Waals surface area contributed by atoms with Gasteiger partial charge in [0.15, 0.2) is 5.75 Å². The number of amides is 1. The fourth-order valence-electron chi connectivity index (χ4n) is 3.72. The van der Waals surface area contributed by atoms with Crippen LogP contribution in [0.1, 0.15) is 29.3 Å². The van der Waals surface area contributed by atoms with E-state index in [0.29, 0.717) is 26.1 Å². The summed E-state index contributed by atoms with van der Waals surface area (Å²) < 4.78 is 18.7. The lowest BCUT2D eigenvalue weighted by Gasteiger charge is -2.26. The van der Waals surface area contributed by atoms with E-state index in [9.17, 15) is 19.3 Å². The van der Waals surface area contributed by atoms with Crippen molar-refractivity contribution in [2.45, 2.75) is 13.3 Å². The first kappa shape index (κ1) is 19.6. The topological polar surface area (TPSA) is 88.5 Å². The highest BCUT2D eigenvalue weighted by atomic mass is 19.1. The number of carbonyl (C=O) groups excluding carboxylic acids is 1. The second kappa shape index (κ2) is 7.98. The molecule has 0 bridgehead atoms. The number of nitrogens with zero attached hydrogens (tertiary/aromatic N) is 2. The van der Waals surface area contributed by atoms with Gasteiger partial charge in [0.05, 0.1) is 11.5 Å². The molecule has 7 nitrogen and oxygen atoms in total. The zero-order valence-corrected chi connectivity index (χ0v) is 16.4. The number of halogens is 1. The minimum Gasteiger partial charge on any atom is -0.487 e. The third kappa shape index (κ3) is 3.63. The Morgan fingerprint density at radius 2 is 2.13 bits per heavy atom. The number of nitro groups is 1. The number of ether oxygens (including phenoxy) is 1. The average Bonchev–Trinajstić information content (AvgIpc) is 3.16. The molecule has 0 atom stereocenters. The number of nitrogens with one attached hydrogen (secondary N) is 1. The molecule has 0 saturated carbocycles. The minimum absolute atomic E-state index is 0.149. The summed E-state index contributed by atoms with van der Waals surface area (Å²) in [6.07, 6.45) is 4.45. The van der Waals surface area contributed by atoms with Crippen molar-refractivity contribution >= 4 is 28.1 Å². The maximum absolute atomic E-state index is 13.4. The molecule has 8 heteroatoms. The molecular weight excluding hydrogens is 389 g/mol. The number of carbonyl (C=O) groups is 1. The van der Waals surface area contributed by atoms with E-state index in [4.69, 9.17) is 4.74 Å². The molecule has 0 saturated heterocycles. The summed E-state index contributed by atoms with van der Waals surface area (Å²) in [5, 5.41) is 12.2. The van der Waals surface area contributed by atoms with E-state index in [1.165, 1.54) is 24.3 Å². The molecule has 1 N–H and O–H groups in total. The van der Waals surface area contributed by atoms with E-state index in [1.54, 1.807) is 24.0 Å². The van der Waals surface area contributed by atoms with Crippen molar-refractivity contribution < 1.29 is 18.8 Å². The van der Waals surface area contributed by atoms with Crippen LogP contribution in [0.2, 0.25) is 0 Å². The largest absolute Gasteiger partial charge is 0.487 e. The van der Waals surface area contributed by atoms with Crippen LogP contribution < -0.4 is 4.74 Å². The Bertz CT molecular complexity index is 1170. The van der Waals surface area contributed by atoms with Crippen LogP contribution in [0.5, 0.6) is 5.75 Å². The van der Waals surface area contributed by atoms with E-state index in [-0.39, 0.29) is 28.7 Å². The molecule has 1 amide bonds. The van der Waals surface area contributed by atoms with Crippen molar-refractivity contribution in [1.29, 1.82) is 0 Å². The van der Waals surface area contributed by atoms with Gasteiger partial charge in [0.2, 0.25) is 0 Å². The van der Waals surface area contributed by atoms with Gasteiger partial charge in [-0.1, -0.05) is 6.08 Å². The third-order valence-corrected chi connectivity index (χ3v) is 5.19. The predicted octanol–water partition coefficient (Wildman–Crippen LogP) is 4.54. The Balaban J connectivity index is 1.54. The molecule has 0 unspecified atom stereocenters. The van der Waals surface area contributed by atoms with Gasteiger partial charge in [-0.25, -0.2) is 4.39 Å². The number of hydrogen-bond acceptors (Lipinski definition) is 4. The van der Waals surface area contributed by atoms with E-state index in [1.807, 2.05) is 12.3 Å². The lowest BCUT2D eigenvalue weighted by atomic mass is 9.98. The number of H-pyrrole nitrogens is 1. The van der Waals surface area contributed by atoms with Crippen molar-refractivity contribution in [2.75, 3.05) is 19.7 Å². The number of hydrogen-bond donors (Lipinski definition) is 1. The van der Waals surface area contributed by atoms with Crippen molar-refractivity contribution in [2.24, 2.45) is 0 Å². The molecule has 0 spiro atoms. The highest BCUT2D eigenvalue weighted by Crippen LogP contribution is 2.31. The summed E-state index contributed by atoms with van der Waals surface area (Å²) in [7, 11) is 0. The fraction of sp³-hybridized carbons (Fsp3) is 0.227. The van der Waals surface area contributed by atoms with E-state index in [0.717, 1.165) is 22.0 Å². The van der Waals surface area contributed by atoms with Crippen LogP contribution >= 0.6 is 0 Å². The minimum atomic E-state index is -0.546. The van der Waals surface area contributed by atoms with E-state index < -0.39 is 4.92 Å². The molecule has 1 aromatic heterocycles. The molecule has 154 valence electrons. The van der Waals surface area contributed by atoms with Gasteiger partial charge in [-0.2, -0.15) is 0 Å². The molecule has 4 rings (SSSR count). The normalized spacial score (nSPS) is 13.9. The highest BCUT2D eigenvalue weighted by molar-refractivity contribution is 5.97. The lowest BCUT2D eigenvalue weighted by molar-refractivity contribution is -0.385. The van der Waals surface area contributed by atoms with Crippen LogP contribution in [0.3, 0.4) is 0 Å². The van der Waals surface area contributed by atoms with Crippen LogP contribution in [0, 0.1) is 15.9 Å². The first-order valence-corrected chi connectivity index (χ1v) is 9.64. The van der Waals surface area contributed by atoms with E-state index >= 15 is 0 Å². The Kier molecular flexibility index (Phi) is 5.22. The Morgan fingerprint density at radius 3 is 2.83 bits per heavy atom. The van der Waals surface area contributed by atoms with Gasteiger partial charge in [0.25, 0.3) is 5.91 Å². The molecule has 0 aliphatic carbocycles. The number of fused-ring (bicyclic) bond motifs is 1. The van der Waals surface area contributed by atoms with Crippen molar-refractivity contribution in [3.8, 4) is 5.75 Å². The molecule has 0 radical (unpaired) electrons. The van der Waals surface area contributed by atoms with Crippen molar-refractivity contribution in [3.63, 3.8) is 0 Å². The van der Waals surface area contributed by atoms with Crippen molar-refractivity contribution in [1.82, 2.24) is 9.88 Å². The smallest absolute Gasteiger partial charge is 0.311 e. The van der Waals surface area contributed by atoms with E-state index in [2.05, 4.69) is 4.98 Å².